The minimum Gasteiger partial charge on any atom is -0.326 e. The molecule has 1 amide bonds. The van der Waals surface area contributed by atoms with E-state index in [2.05, 4.69) is 10.0 Å². The summed E-state index contributed by atoms with van der Waals surface area (Å²) < 4.78 is 66.3. The second kappa shape index (κ2) is 10.2. The fourth-order valence-corrected chi connectivity index (χ4v) is 4.43. The summed E-state index contributed by atoms with van der Waals surface area (Å²) in [6.07, 6.45) is -4.15. The largest absolute Gasteiger partial charge is 0.416 e. The van der Waals surface area contributed by atoms with Crippen LogP contribution in [0, 0.1) is 0 Å². The zero-order valence-corrected chi connectivity index (χ0v) is 18.6. The van der Waals surface area contributed by atoms with Crippen molar-refractivity contribution in [1.82, 2.24) is 4.72 Å². The molecular weight excluding hydrogens is 453 g/mol. The summed E-state index contributed by atoms with van der Waals surface area (Å²) >= 11 is 0. The molecule has 1 atom stereocenters. The third kappa shape index (κ3) is 6.90. The van der Waals surface area contributed by atoms with Crippen molar-refractivity contribution in [3.05, 3.63) is 95.6 Å². The van der Waals surface area contributed by atoms with Crippen molar-refractivity contribution >= 4 is 21.6 Å². The first kappa shape index (κ1) is 24.5. The number of amides is 1. The molecule has 0 saturated carbocycles. The van der Waals surface area contributed by atoms with Crippen LogP contribution in [-0.4, -0.2) is 14.3 Å². The number of hydrogen-bond acceptors (Lipinski definition) is 3. The number of sulfonamides is 1. The Hall–Kier alpha value is -3.17. The quantitative estimate of drug-likeness (QED) is 0.462. The van der Waals surface area contributed by atoms with Crippen LogP contribution < -0.4 is 10.0 Å². The molecule has 9 heteroatoms. The van der Waals surface area contributed by atoms with E-state index in [1.807, 2.05) is 30.3 Å². The Morgan fingerprint density at radius 2 is 1.61 bits per heavy atom. The Morgan fingerprint density at radius 1 is 0.939 bits per heavy atom. The van der Waals surface area contributed by atoms with Crippen molar-refractivity contribution in [2.24, 2.45) is 0 Å². The highest BCUT2D eigenvalue weighted by Gasteiger charge is 2.30. The Balaban J connectivity index is 1.56. The van der Waals surface area contributed by atoms with E-state index in [1.54, 1.807) is 19.1 Å². The summed E-state index contributed by atoms with van der Waals surface area (Å²) in [6.45, 7) is 1.75. The molecule has 0 aromatic heterocycles. The van der Waals surface area contributed by atoms with Crippen LogP contribution in [0.5, 0.6) is 0 Å². The van der Waals surface area contributed by atoms with Crippen LogP contribution in [0.4, 0.5) is 18.9 Å². The average Bonchev–Trinajstić information content (AvgIpc) is 2.78. The lowest BCUT2D eigenvalue weighted by Gasteiger charge is -2.15. The van der Waals surface area contributed by atoms with Crippen molar-refractivity contribution in [1.29, 1.82) is 0 Å². The highest BCUT2D eigenvalue weighted by atomic mass is 32.2. The van der Waals surface area contributed by atoms with Gasteiger partial charge in [-0.25, -0.2) is 13.1 Å². The van der Waals surface area contributed by atoms with Gasteiger partial charge in [-0.15, -0.1) is 0 Å². The molecule has 0 bridgehead atoms. The van der Waals surface area contributed by atoms with Gasteiger partial charge in [0.05, 0.1) is 10.5 Å². The van der Waals surface area contributed by atoms with Crippen LogP contribution in [0.1, 0.15) is 36.1 Å². The predicted molar refractivity (Wildman–Crippen MR) is 120 cm³/mol. The van der Waals surface area contributed by atoms with Crippen LogP contribution in [0.15, 0.2) is 83.8 Å². The van der Waals surface area contributed by atoms with Gasteiger partial charge in [0.2, 0.25) is 15.9 Å². The van der Waals surface area contributed by atoms with Crippen molar-refractivity contribution in [2.75, 3.05) is 5.32 Å². The molecule has 5 nitrogen and oxygen atoms in total. The van der Waals surface area contributed by atoms with E-state index in [0.717, 1.165) is 23.3 Å². The van der Waals surface area contributed by atoms with Crippen LogP contribution in [-0.2, 0) is 27.4 Å². The maximum atomic E-state index is 12.8. The molecule has 0 aliphatic rings. The zero-order chi connectivity index (χ0) is 24.1. The lowest BCUT2D eigenvalue weighted by atomic mass is 10.1. The van der Waals surface area contributed by atoms with Gasteiger partial charge in [-0.05, 0) is 54.8 Å². The van der Waals surface area contributed by atoms with E-state index in [-0.39, 0.29) is 17.0 Å². The molecule has 3 rings (SSSR count). The summed E-state index contributed by atoms with van der Waals surface area (Å²) in [5.74, 6) is -0.440. The zero-order valence-electron chi connectivity index (χ0n) is 17.8. The van der Waals surface area contributed by atoms with Gasteiger partial charge in [0.1, 0.15) is 0 Å². The number of carbonyl (C=O) groups excluding carboxylic acids is 1. The molecule has 0 fully saturated rings. The topological polar surface area (TPSA) is 75.3 Å². The van der Waals surface area contributed by atoms with E-state index in [0.29, 0.717) is 6.42 Å². The molecule has 0 spiro atoms. The van der Waals surface area contributed by atoms with E-state index >= 15 is 0 Å². The third-order valence-corrected chi connectivity index (χ3v) is 6.54. The standard InChI is InChI=1S/C24H23F3N2O3S/c1-17(19-6-3-2-4-7-19)29-33(31,32)22-13-10-18(11-14-22)12-15-23(30)28-21-9-5-8-20(16-21)24(25,26)27/h2-11,13-14,16-17,29H,12,15H2,1H3,(H,28,30)/t17-/m1/s1. The van der Waals surface area contributed by atoms with E-state index in [4.69, 9.17) is 0 Å². The smallest absolute Gasteiger partial charge is 0.326 e. The molecule has 0 heterocycles. The number of alkyl halides is 3. The lowest BCUT2D eigenvalue weighted by molar-refractivity contribution is -0.137. The number of benzene rings is 3. The van der Waals surface area contributed by atoms with E-state index in [1.165, 1.54) is 24.3 Å². The van der Waals surface area contributed by atoms with Crippen LogP contribution in [0.3, 0.4) is 0 Å². The Morgan fingerprint density at radius 3 is 2.24 bits per heavy atom. The minimum absolute atomic E-state index is 0.0334. The number of aryl methyl sites for hydroxylation is 1. The fourth-order valence-electron chi connectivity index (χ4n) is 3.20. The maximum absolute atomic E-state index is 12.8. The number of carbonyl (C=O) groups is 1. The molecule has 2 N–H and O–H groups in total. The Kier molecular flexibility index (Phi) is 7.55. The van der Waals surface area contributed by atoms with Crippen molar-refractivity contribution in [2.45, 2.75) is 36.9 Å². The predicted octanol–water partition coefficient (Wildman–Crippen LogP) is 5.32. The Labute approximate surface area is 190 Å². The number of anilines is 1. The molecule has 174 valence electrons. The maximum Gasteiger partial charge on any atom is 0.416 e. The van der Waals surface area contributed by atoms with Crippen LogP contribution >= 0.6 is 0 Å². The first-order valence-corrected chi connectivity index (χ1v) is 11.7. The number of rotatable bonds is 8. The number of nitrogens with one attached hydrogen (secondary N) is 2. The minimum atomic E-state index is -4.49. The highest BCUT2D eigenvalue weighted by Crippen LogP contribution is 2.30. The summed E-state index contributed by atoms with van der Waals surface area (Å²) in [4.78, 5) is 12.2. The van der Waals surface area contributed by atoms with Gasteiger partial charge in [-0.2, -0.15) is 13.2 Å². The first-order valence-electron chi connectivity index (χ1n) is 10.2. The summed E-state index contributed by atoms with van der Waals surface area (Å²) in [5, 5.41) is 2.45. The third-order valence-electron chi connectivity index (χ3n) is 4.98. The van der Waals surface area contributed by atoms with Crippen LogP contribution in [0.2, 0.25) is 0 Å². The molecular formula is C24H23F3N2O3S. The molecule has 0 aliphatic carbocycles. The van der Waals surface area contributed by atoms with Gasteiger partial charge in [0.15, 0.2) is 0 Å². The van der Waals surface area contributed by atoms with Gasteiger partial charge in [-0.3, -0.25) is 4.79 Å². The molecule has 0 unspecified atom stereocenters. The second-order valence-corrected chi connectivity index (χ2v) is 9.24. The van der Waals surface area contributed by atoms with Gasteiger partial charge >= 0.3 is 6.18 Å². The first-order chi connectivity index (χ1) is 15.5. The molecule has 0 aliphatic heterocycles. The van der Waals surface area contributed by atoms with Gasteiger partial charge in [0, 0.05) is 18.2 Å². The summed E-state index contributed by atoms with van der Waals surface area (Å²) in [7, 11) is -3.73. The molecule has 33 heavy (non-hydrogen) atoms. The molecule has 0 radical (unpaired) electrons. The van der Waals surface area contributed by atoms with E-state index in [9.17, 15) is 26.4 Å². The monoisotopic (exact) mass is 476 g/mol. The van der Waals surface area contributed by atoms with Gasteiger partial charge in [-0.1, -0.05) is 48.5 Å². The lowest BCUT2D eigenvalue weighted by Crippen LogP contribution is -2.26. The molecule has 3 aromatic rings. The van der Waals surface area contributed by atoms with Crippen molar-refractivity contribution in [3.8, 4) is 0 Å². The number of halogens is 3. The van der Waals surface area contributed by atoms with Crippen LogP contribution in [0.25, 0.3) is 0 Å². The normalized spacial score (nSPS) is 12.8. The Bertz CT molecular complexity index is 1200. The number of hydrogen-bond donors (Lipinski definition) is 2. The SMILES string of the molecule is C[C@@H](NS(=O)(=O)c1ccc(CCC(=O)Nc2cccc(C(F)(F)F)c2)cc1)c1ccccc1. The molecule has 0 saturated heterocycles. The fraction of sp³-hybridized carbons (Fsp3) is 0.208. The van der Waals surface area contributed by atoms with Gasteiger partial charge in [0.25, 0.3) is 0 Å². The average molecular weight is 477 g/mol. The highest BCUT2D eigenvalue weighted by molar-refractivity contribution is 7.89. The molecule has 3 aromatic carbocycles. The van der Waals surface area contributed by atoms with Crippen molar-refractivity contribution in [3.63, 3.8) is 0 Å². The summed E-state index contributed by atoms with van der Waals surface area (Å²) in [6, 6.07) is 19.3. The van der Waals surface area contributed by atoms with E-state index < -0.39 is 33.7 Å². The second-order valence-electron chi connectivity index (χ2n) is 7.52. The van der Waals surface area contributed by atoms with Gasteiger partial charge < -0.3 is 5.32 Å². The summed E-state index contributed by atoms with van der Waals surface area (Å²) in [5.41, 5.74) is 0.788. The van der Waals surface area contributed by atoms with Crippen molar-refractivity contribution < 1.29 is 26.4 Å².